The summed E-state index contributed by atoms with van der Waals surface area (Å²) in [6, 6.07) is 3.72. The Hall–Kier alpha value is -1.71. The van der Waals surface area contributed by atoms with E-state index >= 15 is 0 Å². The molecule has 0 spiro atoms. The van der Waals surface area contributed by atoms with Crippen molar-refractivity contribution < 1.29 is 9.53 Å². The molecule has 4 heteroatoms. The van der Waals surface area contributed by atoms with Gasteiger partial charge in [0.25, 0.3) is 5.91 Å². The van der Waals surface area contributed by atoms with Crippen molar-refractivity contribution in [1.82, 2.24) is 5.32 Å². The van der Waals surface area contributed by atoms with E-state index in [0.29, 0.717) is 5.75 Å². The number of carbonyl (C=O) groups excluding carboxylic acids is 1. The van der Waals surface area contributed by atoms with Crippen LogP contribution in [-0.2, 0) is 4.79 Å². The molecule has 0 unspecified atom stereocenters. The third kappa shape index (κ3) is 4.47. The molecule has 0 saturated heterocycles. The minimum absolute atomic E-state index is 0.0215. The molecule has 0 atom stereocenters. The molecule has 0 aliphatic rings. The summed E-state index contributed by atoms with van der Waals surface area (Å²) in [4.78, 5) is 11.8. The Balaban J connectivity index is 2.63. The van der Waals surface area contributed by atoms with Crippen LogP contribution in [0.2, 0.25) is 0 Å². The topological polar surface area (TPSA) is 64.3 Å². The molecular formula is C15H24N2O2. The summed E-state index contributed by atoms with van der Waals surface area (Å²) in [5.74, 6) is 0.594. The van der Waals surface area contributed by atoms with E-state index in [-0.39, 0.29) is 18.1 Å². The van der Waals surface area contributed by atoms with Gasteiger partial charge in [-0.1, -0.05) is 6.92 Å². The van der Waals surface area contributed by atoms with Crippen molar-refractivity contribution in [2.75, 3.05) is 12.3 Å². The fraction of sp³-hybridized carbons (Fsp3) is 0.533. The van der Waals surface area contributed by atoms with Crippen molar-refractivity contribution in [1.29, 1.82) is 0 Å². The minimum Gasteiger partial charge on any atom is -0.483 e. The van der Waals surface area contributed by atoms with Crippen molar-refractivity contribution in [2.45, 2.75) is 46.6 Å². The highest BCUT2D eigenvalue weighted by atomic mass is 16.5. The summed E-state index contributed by atoms with van der Waals surface area (Å²) in [6.07, 6.45) is 0.874. The van der Waals surface area contributed by atoms with Gasteiger partial charge in [0.15, 0.2) is 6.61 Å². The monoisotopic (exact) mass is 264 g/mol. The van der Waals surface area contributed by atoms with E-state index in [0.717, 1.165) is 23.2 Å². The summed E-state index contributed by atoms with van der Waals surface area (Å²) in [7, 11) is 0. The lowest BCUT2D eigenvalue weighted by Crippen LogP contribution is -2.44. The smallest absolute Gasteiger partial charge is 0.258 e. The largest absolute Gasteiger partial charge is 0.483 e. The number of nitrogen functional groups attached to an aromatic ring is 1. The van der Waals surface area contributed by atoms with E-state index in [1.54, 1.807) is 0 Å². The standard InChI is InChI=1S/C15H24N2O2/c1-6-15(4,5)17-14(18)9-19-13-8-10(2)12(16)7-11(13)3/h7-8H,6,9,16H2,1-5H3,(H,17,18). The predicted molar refractivity (Wildman–Crippen MR) is 78.3 cm³/mol. The zero-order valence-electron chi connectivity index (χ0n) is 12.5. The average Bonchev–Trinajstić information content (AvgIpc) is 2.31. The highest BCUT2D eigenvalue weighted by Gasteiger charge is 2.18. The molecule has 0 bridgehead atoms. The SMILES string of the molecule is CCC(C)(C)NC(=O)COc1cc(C)c(N)cc1C. The van der Waals surface area contributed by atoms with Crippen molar-refractivity contribution in [2.24, 2.45) is 0 Å². The number of nitrogens with one attached hydrogen (secondary N) is 1. The van der Waals surface area contributed by atoms with Gasteiger partial charge >= 0.3 is 0 Å². The number of anilines is 1. The molecule has 0 heterocycles. The Kier molecular flexibility index (Phi) is 4.81. The summed E-state index contributed by atoms with van der Waals surface area (Å²) in [5.41, 5.74) is 8.24. The highest BCUT2D eigenvalue weighted by molar-refractivity contribution is 5.78. The summed E-state index contributed by atoms with van der Waals surface area (Å²) in [6.45, 7) is 9.87. The van der Waals surface area contributed by atoms with E-state index in [1.165, 1.54) is 0 Å². The van der Waals surface area contributed by atoms with Crippen LogP contribution in [0.25, 0.3) is 0 Å². The maximum Gasteiger partial charge on any atom is 0.258 e. The number of amides is 1. The van der Waals surface area contributed by atoms with Crippen molar-refractivity contribution >= 4 is 11.6 Å². The molecule has 0 aliphatic heterocycles. The van der Waals surface area contributed by atoms with Gasteiger partial charge in [0.05, 0.1) is 0 Å². The molecule has 19 heavy (non-hydrogen) atoms. The van der Waals surface area contributed by atoms with Crippen molar-refractivity contribution in [3.05, 3.63) is 23.3 Å². The number of rotatable bonds is 5. The third-order valence-corrected chi connectivity index (χ3v) is 3.28. The fourth-order valence-electron chi connectivity index (χ4n) is 1.61. The molecule has 0 saturated carbocycles. The molecule has 4 nitrogen and oxygen atoms in total. The quantitative estimate of drug-likeness (QED) is 0.803. The number of ether oxygens (including phenoxy) is 1. The summed E-state index contributed by atoms with van der Waals surface area (Å²) in [5, 5.41) is 2.93. The number of hydrogen-bond donors (Lipinski definition) is 2. The van der Waals surface area contributed by atoms with Crippen molar-refractivity contribution in [3.63, 3.8) is 0 Å². The molecule has 1 aromatic rings. The molecular weight excluding hydrogens is 240 g/mol. The first-order chi connectivity index (χ1) is 8.75. The normalized spacial score (nSPS) is 11.2. The van der Waals surface area contributed by atoms with Gasteiger partial charge in [-0.2, -0.15) is 0 Å². The Morgan fingerprint density at radius 2 is 1.95 bits per heavy atom. The van der Waals surface area contributed by atoms with E-state index in [2.05, 4.69) is 5.32 Å². The number of nitrogens with two attached hydrogens (primary N) is 1. The average molecular weight is 264 g/mol. The third-order valence-electron chi connectivity index (χ3n) is 3.28. The Labute approximate surface area is 115 Å². The van der Waals surface area contributed by atoms with Crippen LogP contribution in [0.3, 0.4) is 0 Å². The lowest BCUT2D eigenvalue weighted by molar-refractivity contribution is -0.124. The lowest BCUT2D eigenvalue weighted by Gasteiger charge is -2.24. The molecule has 1 amide bonds. The highest BCUT2D eigenvalue weighted by Crippen LogP contribution is 2.24. The van der Waals surface area contributed by atoms with Crippen LogP contribution >= 0.6 is 0 Å². The number of hydrogen-bond acceptors (Lipinski definition) is 3. The minimum atomic E-state index is -0.202. The summed E-state index contributed by atoms with van der Waals surface area (Å²) >= 11 is 0. The lowest BCUT2D eigenvalue weighted by atomic mass is 10.0. The molecule has 106 valence electrons. The van der Waals surface area contributed by atoms with Crippen LogP contribution in [0.5, 0.6) is 5.75 Å². The van der Waals surface area contributed by atoms with Crippen LogP contribution in [0, 0.1) is 13.8 Å². The second-order valence-corrected chi connectivity index (χ2v) is 5.55. The van der Waals surface area contributed by atoms with E-state index in [1.807, 2.05) is 46.8 Å². The van der Waals surface area contributed by atoms with Crippen LogP contribution < -0.4 is 15.8 Å². The zero-order chi connectivity index (χ0) is 14.6. The fourth-order valence-corrected chi connectivity index (χ4v) is 1.61. The number of carbonyl (C=O) groups is 1. The van der Waals surface area contributed by atoms with Gasteiger partial charge in [-0.3, -0.25) is 4.79 Å². The number of aryl methyl sites for hydroxylation is 2. The molecule has 0 radical (unpaired) electrons. The zero-order valence-corrected chi connectivity index (χ0v) is 12.5. The predicted octanol–water partition coefficient (Wildman–Crippen LogP) is 2.57. The molecule has 0 aliphatic carbocycles. The van der Waals surface area contributed by atoms with Crippen LogP contribution in [0.15, 0.2) is 12.1 Å². The molecule has 0 aromatic heterocycles. The van der Waals surface area contributed by atoms with Crippen molar-refractivity contribution in [3.8, 4) is 5.75 Å². The van der Waals surface area contributed by atoms with Gasteiger partial charge in [0, 0.05) is 11.2 Å². The van der Waals surface area contributed by atoms with E-state index < -0.39 is 0 Å². The Morgan fingerprint density at radius 3 is 2.53 bits per heavy atom. The first-order valence-electron chi connectivity index (χ1n) is 6.55. The number of benzene rings is 1. The van der Waals surface area contributed by atoms with Crippen LogP contribution in [0.4, 0.5) is 5.69 Å². The van der Waals surface area contributed by atoms with E-state index in [9.17, 15) is 4.79 Å². The van der Waals surface area contributed by atoms with Crippen LogP contribution in [-0.4, -0.2) is 18.1 Å². The second kappa shape index (κ2) is 5.95. The van der Waals surface area contributed by atoms with E-state index in [4.69, 9.17) is 10.5 Å². The Bertz CT molecular complexity index is 467. The van der Waals surface area contributed by atoms with Gasteiger partial charge in [0.1, 0.15) is 5.75 Å². The van der Waals surface area contributed by atoms with Gasteiger partial charge in [-0.15, -0.1) is 0 Å². The van der Waals surface area contributed by atoms with Gasteiger partial charge in [0.2, 0.25) is 0 Å². The van der Waals surface area contributed by atoms with Gasteiger partial charge in [-0.05, 0) is 57.4 Å². The molecule has 1 rings (SSSR count). The van der Waals surface area contributed by atoms with Crippen LogP contribution in [0.1, 0.15) is 38.3 Å². The first-order valence-corrected chi connectivity index (χ1v) is 6.55. The second-order valence-electron chi connectivity index (χ2n) is 5.55. The van der Waals surface area contributed by atoms with Gasteiger partial charge in [-0.25, -0.2) is 0 Å². The maximum atomic E-state index is 11.8. The Morgan fingerprint density at radius 1 is 1.32 bits per heavy atom. The summed E-state index contributed by atoms with van der Waals surface area (Å²) < 4.78 is 5.56. The molecule has 0 fully saturated rings. The molecule has 1 aromatic carbocycles. The molecule has 3 N–H and O–H groups in total. The maximum absolute atomic E-state index is 11.8. The van der Waals surface area contributed by atoms with Gasteiger partial charge < -0.3 is 15.8 Å². The first kappa shape index (κ1) is 15.3.